The van der Waals surface area contributed by atoms with E-state index in [4.69, 9.17) is 16.3 Å². The highest BCUT2D eigenvalue weighted by Gasteiger charge is 2.20. The van der Waals surface area contributed by atoms with Crippen LogP contribution in [-0.2, 0) is 11.3 Å². The maximum absolute atomic E-state index is 12.7. The Labute approximate surface area is 144 Å². The molecule has 0 aliphatic heterocycles. The highest BCUT2D eigenvalue weighted by Crippen LogP contribution is 2.26. The summed E-state index contributed by atoms with van der Waals surface area (Å²) in [6.45, 7) is 1.13. The first-order valence-electron chi connectivity index (χ1n) is 7.29. The number of rotatable bonds is 7. The molecule has 0 atom stereocenters. The summed E-state index contributed by atoms with van der Waals surface area (Å²) in [6, 6.07) is 13.6. The molecule has 0 saturated carbocycles. The third-order valence-electron chi connectivity index (χ3n) is 3.46. The molecule has 24 heavy (non-hydrogen) atoms. The fourth-order valence-corrected chi connectivity index (χ4v) is 2.41. The van der Waals surface area contributed by atoms with E-state index in [0.717, 1.165) is 5.56 Å². The van der Waals surface area contributed by atoms with E-state index < -0.39 is 4.92 Å². The van der Waals surface area contributed by atoms with Crippen LogP contribution in [0.2, 0.25) is 5.02 Å². The van der Waals surface area contributed by atoms with Gasteiger partial charge < -0.3 is 9.64 Å². The number of nitrogens with zero attached hydrogens (tertiary/aromatic N) is 2. The van der Waals surface area contributed by atoms with Gasteiger partial charge in [-0.15, -0.1) is 0 Å². The number of benzene rings is 2. The van der Waals surface area contributed by atoms with Gasteiger partial charge in [0.1, 0.15) is 5.02 Å². The minimum Gasteiger partial charge on any atom is -0.383 e. The summed E-state index contributed by atoms with van der Waals surface area (Å²) < 4.78 is 5.05. The number of carbonyl (C=O) groups is 1. The summed E-state index contributed by atoms with van der Waals surface area (Å²) in [4.78, 5) is 24.7. The Balaban J connectivity index is 2.27. The van der Waals surface area contributed by atoms with E-state index >= 15 is 0 Å². The van der Waals surface area contributed by atoms with Crippen LogP contribution in [-0.4, -0.2) is 36.0 Å². The molecule has 1 amide bonds. The molecule has 0 spiro atoms. The molecular weight excluding hydrogens is 332 g/mol. The van der Waals surface area contributed by atoms with E-state index in [2.05, 4.69) is 0 Å². The van der Waals surface area contributed by atoms with Gasteiger partial charge in [0.25, 0.3) is 11.6 Å². The number of ether oxygens (including phenoxy) is 1. The zero-order chi connectivity index (χ0) is 17.5. The fourth-order valence-electron chi connectivity index (χ4n) is 2.23. The number of methoxy groups -OCH3 is 1. The van der Waals surface area contributed by atoms with Crippen LogP contribution in [0.5, 0.6) is 0 Å². The summed E-state index contributed by atoms with van der Waals surface area (Å²) in [5.74, 6) is -0.310. The van der Waals surface area contributed by atoms with E-state index in [0.29, 0.717) is 19.7 Å². The molecule has 0 aliphatic rings. The van der Waals surface area contributed by atoms with Gasteiger partial charge in [0.15, 0.2) is 0 Å². The van der Waals surface area contributed by atoms with Gasteiger partial charge in [-0.1, -0.05) is 41.9 Å². The Bertz CT molecular complexity index is 722. The van der Waals surface area contributed by atoms with E-state index in [1.54, 1.807) is 12.0 Å². The molecule has 0 heterocycles. The number of amides is 1. The highest BCUT2D eigenvalue weighted by molar-refractivity contribution is 6.32. The smallest absolute Gasteiger partial charge is 0.288 e. The van der Waals surface area contributed by atoms with Crippen LogP contribution in [0.4, 0.5) is 5.69 Å². The Morgan fingerprint density at radius 3 is 2.58 bits per heavy atom. The van der Waals surface area contributed by atoms with Gasteiger partial charge in [0, 0.05) is 31.8 Å². The average Bonchev–Trinajstić information content (AvgIpc) is 2.59. The van der Waals surface area contributed by atoms with Crippen molar-refractivity contribution in [3.63, 3.8) is 0 Å². The Morgan fingerprint density at radius 2 is 1.96 bits per heavy atom. The van der Waals surface area contributed by atoms with Crippen LogP contribution in [0.3, 0.4) is 0 Å². The first-order chi connectivity index (χ1) is 11.5. The zero-order valence-electron chi connectivity index (χ0n) is 13.1. The van der Waals surface area contributed by atoms with Crippen molar-refractivity contribution >= 4 is 23.2 Å². The van der Waals surface area contributed by atoms with Crippen LogP contribution >= 0.6 is 11.6 Å². The molecule has 0 aliphatic carbocycles. The van der Waals surface area contributed by atoms with Gasteiger partial charge in [0.05, 0.1) is 11.5 Å². The van der Waals surface area contributed by atoms with Crippen molar-refractivity contribution < 1.29 is 14.5 Å². The number of nitro benzene ring substituents is 1. The first kappa shape index (κ1) is 17.9. The predicted molar refractivity (Wildman–Crippen MR) is 91.2 cm³/mol. The largest absolute Gasteiger partial charge is 0.383 e. The molecule has 6 nitrogen and oxygen atoms in total. The van der Waals surface area contributed by atoms with E-state index in [1.165, 1.54) is 18.2 Å². The minimum atomic E-state index is -0.601. The topological polar surface area (TPSA) is 72.7 Å². The standard InChI is InChI=1S/C17H17ClN2O4/c1-24-10-9-19(12-13-5-3-2-4-6-13)17(21)14-7-8-15(18)16(11-14)20(22)23/h2-8,11H,9-10,12H2,1H3. The Kier molecular flexibility index (Phi) is 6.28. The monoisotopic (exact) mass is 348 g/mol. The van der Waals surface area contributed by atoms with Crippen LogP contribution in [0.25, 0.3) is 0 Å². The summed E-state index contributed by atoms with van der Waals surface area (Å²) in [6.07, 6.45) is 0. The molecule has 0 radical (unpaired) electrons. The molecule has 0 aromatic heterocycles. The predicted octanol–water partition coefficient (Wildman–Crippen LogP) is 3.54. The zero-order valence-corrected chi connectivity index (χ0v) is 13.9. The molecule has 2 aromatic carbocycles. The second kappa shape index (κ2) is 8.42. The van der Waals surface area contributed by atoms with Gasteiger partial charge in [-0.3, -0.25) is 14.9 Å². The number of carbonyl (C=O) groups excluding carboxylic acids is 1. The molecule has 0 N–H and O–H groups in total. The van der Waals surface area contributed by atoms with Gasteiger partial charge in [-0.05, 0) is 17.7 Å². The van der Waals surface area contributed by atoms with Crippen LogP contribution in [0, 0.1) is 10.1 Å². The number of nitro groups is 1. The quantitative estimate of drug-likeness (QED) is 0.566. The summed E-state index contributed by atoms with van der Waals surface area (Å²) in [5.41, 5.74) is 0.900. The van der Waals surface area contributed by atoms with Gasteiger partial charge in [0.2, 0.25) is 0 Å². The summed E-state index contributed by atoms with van der Waals surface area (Å²) in [7, 11) is 1.55. The number of hydrogen-bond acceptors (Lipinski definition) is 4. The molecular formula is C17H17ClN2O4. The van der Waals surface area contributed by atoms with Gasteiger partial charge in [-0.25, -0.2) is 0 Å². The molecule has 0 unspecified atom stereocenters. The lowest BCUT2D eigenvalue weighted by Crippen LogP contribution is -2.33. The first-order valence-corrected chi connectivity index (χ1v) is 7.67. The average molecular weight is 349 g/mol. The third-order valence-corrected chi connectivity index (χ3v) is 3.78. The SMILES string of the molecule is COCCN(Cc1ccccc1)C(=O)c1ccc(Cl)c([N+](=O)[O-])c1. The van der Waals surface area contributed by atoms with Gasteiger partial charge in [-0.2, -0.15) is 0 Å². The molecule has 0 fully saturated rings. The maximum Gasteiger partial charge on any atom is 0.288 e. The van der Waals surface area contributed by atoms with Gasteiger partial charge >= 0.3 is 0 Å². The van der Waals surface area contributed by atoms with Crippen molar-refractivity contribution in [2.24, 2.45) is 0 Å². The summed E-state index contributed by atoms with van der Waals surface area (Å²) in [5, 5.41) is 11.0. The van der Waals surface area contributed by atoms with E-state index in [-0.39, 0.29) is 22.2 Å². The maximum atomic E-state index is 12.7. The fraction of sp³-hybridized carbons (Fsp3) is 0.235. The lowest BCUT2D eigenvalue weighted by molar-refractivity contribution is -0.384. The van der Waals surface area contributed by atoms with Crippen molar-refractivity contribution in [3.05, 3.63) is 74.8 Å². The Hall–Kier alpha value is -2.44. The third kappa shape index (κ3) is 4.53. The molecule has 0 saturated heterocycles. The van der Waals surface area contributed by atoms with E-state index in [1.807, 2.05) is 30.3 Å². The summed E-state index contributed by atoms with van der Waals surface area (Å²) >= 11 is 5.80. The van der Waals surface area contributed by atoms with Crippen LogP contribution in [0.15, 0.2) is 48.5 Å². The number of halogens is 1. The lowest BCUT2D eigenvalue weighted by Gasteiger charge is -2.22. The second-order valence-electron chi connectivity index (χ2n) is 5.13. The van der Waals surface area contributed by atoms with Crippen LogP contribution < -0.4 is 0 Å². The second-order valence-corrected chi connectivity index (χ2v) is 5.54. The minimum absolute atomic E-state index is 0.00282. The van der Waals surface area contributed by atoms with Crippen molar-refractivity contribution in [1.29, 1.82) is 0 Å². The van der Waals surface area contributed by atoms with Crippen molar-refractivity contribution in [1.82, 2.24) is 4.90 Å². The lowest BCUT2D eigenvalue weighted by atomic mass is 10.1. The Morgan fingerprint density at radius 1 is 1.25 bits per heavy atom. The van der Waals surface area contributed by atoms with Crippen molar-refractivity contribution in [3.8, 4) is 0 Å². The number of hydrogen-bond donors (Lipinski definition) is 0. The van der Waals surface area contributed by atoms with Crippen molar-refractivity contribution in [2.75, 3.05) is 20.3 Å². The molecule has 2 aromatic rings. The molecule has 2 rings (SSSR count). The van der Waals surface area contributed by atoms with Crippen LogP contribution in [0.1, 0.15) is 15.9 Å². The van der Waals surface area contributed by atoms with Crippen molar-refractivity contribution in [2.45, 2.75) is 6.54 Å². The van der Waals surface area contributed by atoms with E-state index in [9.17, 15) is 14.9 Å². The molecule has 0 bridgehead atoms. The normalized spacial score (nSPS) is 10.4. The highest BCUT2D eigenvalue weighted by atomic mass is 35.5. The molecule has 7 heteroatoms. The molecule has 126 valence electrons.